The Morgan fingerprint density at radius 1 is 0.442 bits per heavy atom. The first-order valence-electron chi connectivity index (χ1n) is 33.4. The Bertz CT molecular complexity index is 1350. The number of carbonyl (C=O) groups excluding carboxylic acids is 1. The highest BCUT2D eigenvalue weighted by Gasteiger charge is 2.44. The molecular weight excluding hydrogens is 959 g/mol. The topological polar surface area (TPSA) is 149 Å². The van der Waals surface area contributed by atoms with Crippen LogP contribution in [-0.4, -0.2) is 87.5 Å². The second-order valence-corrected chi connectivity index (χ2v) is 23.3. The fraction of sp³-hybridized carbons (Fsp3) is 0.868. The normalized spacial score (nSPS) is 19.0. The third-order valence-electron chi connectivity index (χ3n) is 15.9. The molecule has 7 atom stereocenters. The molecule has 1 rings (SSSR count). The lowest BCUT2D eigenvalue weighted by Gasteiger charge is -2.40. The highest BCUT2D eigenvalue weighted by molar-refractivity contribution is 5.76. The zero-order valence-electron chi connectivity index (χ0n) is 50.5. The fourth-order valence-corrected chi connectivity index (χ4v) is 10.6. The van der Waals surface area contributed by atoms with E-state index in [1.54, 1.807) is 6.08 Å². The van der Waals surface area contributed by atoms with Crippen LogP contribution in [0.1, 0.15) is 322 Å². The number of aliphatic hydroxyl groups excluding tert-OH is 5. The molecule has 0 radical (unpaired) electrons. The van der Waals surface area contributed by atoms with Crippen LogP contribution in [0.25, 0.3) is 0 Å². The third kappa shape index (κ3) is 46.5. The summed E-state index contributed by atoms with van der Waals surface area (Å²) in [6.07, 6.45) is 70.6. The van der Waals surface area contributed by atoms with Crippen LogP contribution in [0.2, 0.25) is 0 Å². The van der Waals surface area contributed by atoms with Crippen molar-refractivity contribution in [2.75, 3.05) is 13.2 Å². The van der Waals surface area contributed by atoms with Gasteiger partial charge >= 0.3 is 0 Å². The maximum absolute atomic E-state index is 13.1. The molecule has 0 aromatic heterocycles. The van der Waals surface area contributed by atoms with Crippen LogP contribution in [0, 0.1) is 0 Å². The molecule has 7 unspecified atom stereocenters. The molecule has 0 saturated carbocycles. The lowest BCUT2D eigenvalue weighted by atomic mass is 9.99. The Hall–Kier alpha value is -1.85. The SMILES string of the molecule is CCCCCCCCCCC/C=C\C/C=C\CCCCCCCCCCCCCCCC(=O)NC(COC1OC(CO)C(O)C(O)C1O)C(O)/C=C/CC/C=C/CCCCCCCCCCCCCCCCCCCCC. The van der Waals surface area contributed by atoms with Gasteiger partial charge in [-0.25, -0.2) is 0 Å². The number of hydrogen-bond acceptors (Lipinski definition) is 8. The van der Waals surface area contributed by atoms with Crippen LogP contribution in [0.5, 0.6) is 0 Å². The fourth-order valence-electron chi connectivity index (χ4n) is 10.6. The van der Waals surface area contributed by atoms with Gasteiger partial charge in [-0.15, -0.1) is 0 Å². The maximum atomic E-state index is 13.1. The number of unbranched alkanes of at least 4 members (excludes halogenated alkanes) is 42. The first-order valence-corrected chi connectivity index (χ1v) is 33.4. The summed E-state index contributed by atoms with van der Waals surface area (Å²) in [6, 6.07) is -0.824. The van der Waals surface area contributed by atoms with Crippen LogP contribution < -0.4 is 5.32 Å². The van der Waals surface area contributed by atoms with Crippen molar-refractivity contribution < 1.29 is 39.8 Å². The lowest BCUT2D eigenvalue weighted by Crippen LogP contribution is -2.60. The van der Waals surface area contributed by atoms with Crippen molar-refractivity contribution >= 4 is 5.91 Å². The summed E-state index contributed by atoms with van der Waals surface area (Å²) in [5.41, 5.74) is 0. The second-order valence-electron chi connectivity index (χ2n) is 23.3. The minimum Gasteiger partial charge on any atom is -0.394 e. The maximum Gasteiger partial charge on any atom is 0.220 e. The molecule has 0 spiro atoms. The molecule has 9 nitrogen and oxygen atoms in total. The van der Waals surface area contributed by atoms with Gasteiger partial charge in [0, 0.05) is 6.42 Å². The van der Waals surface area contributed by atoms with E-state index in [0.717, 1.165) is 44.9 Å². The van der Waals surface area contributed by atoms with Crippen molar-refractivity contribution in [3.8, 4) is 0 Å². The van der Waals surface area contributed by atoms with Crippen molar-refractivity contribution in [1.82, 2.24) is 5.32 Å². The molecule has 1 fully saturated rings. The van der Waals surface area contributed by atoms with Gasteiger partial charge in [0.15, 0.2) is 6.29 Å². The van der Waals surface area contributed by atoms with Crippen molar-refractivity contribution in [3.63, 3.8) is 0 Å². The predicted octanol–water partition coefficient (Wildman–Crippen LogP) is 17.6. The molecule has 9 heteroatoms. The molecule has 0 aromatic carbocycles. The van der Waals surface area contributed by atoms with E-state index in [1.165, 1.54) is 257 Å². The summed E-state index contributed by atoms with van der Waals surface area (Å²) < 4.78 is 11.3. The van der Waals surface area contributed by atoms with E-state index in [-0.39, 0.29) is 12.5 Å². The van der Waals surface area contributed by atoms with Crippen molar-refractivity contribution in [3.05, 3.63) is 48.6 Å². The number of ether oxygens (including phenoxy) is 2. The molecular formula is C68H127NO8. The van der Waals surface area contributed by atoms with Crippen LogP contribution in [0.15, 0.2) is 48.6 Å². The summed E-state index contributed by atoms with van der Waals surface area (Å²) in [4.78, 5) is 13.1. The molecule has 0 aromatic rings. The highest BCUT2D eigenvalue weighted by Crippen LogP contribution is 2.23. The number of allylic oxidation sites excluding steroid dienone is 7. The zero-order valence-corrected chi connectivity index (χ0v) is 50.5. The van der Waals surface area contributed by atoms with Gasteiger partial charge in [0.05, 0.1) is 25.4 Å². The van der Waals surface area contributed by atoms with Gasteiger partial charge in [0.25, 0.3) is 0 Å². The smallest absolute Gasteiger partial charge is 0.220 e. The number of nitrogens with one attached hydrogen (secondary N) is 1. The van der Waals surface area contributed by atoms with Crippen LogP contribution >= 0.6 is 0 Å². The first kappa shape index (κ1) is 73.2. The summed E-state index contributed by atoms with van der Waals surface area (Å²) >= 11 is 0. The molecule has 0 bridgehead atoms. The Kier molecular flexibility index (Phi) is 54.5. The van der Waals surface area contributed by atoms with E-state index >= 15 is 0 Å². The average Bonchev–Trinajstić information content (AvgIpc) is 3.43. The first-order chi connectivity index (χ1) is 37.8. The monoisotopic (exact) mass is 1090 g/mol. The van der Waals surface area contributed by atoms with Crippen molar-refractivity contribution in [2.24, 2.45) is 0 Å². The zero-order chi connectivity index (χ0) is 55.8. The molecule has 77 heavy (non-hydrogen) atoms. The van der Waals surface area contributed by atoms with Gasteiger partial charge in [0.2, 0.25) is 5.91 Å². The van der Waals surface area contributed by atoms with Gasteiger partial charge in [-0.1, -0.05) is 300 Å². The summed E-state index contributed by atoms with van der Waals surface area (Å²) in [5.74, 6) is -0.184. The molecule has 1 aliphatic rings. The largest absolute Gasteiger partial charge is 0.394 e. The number of carbonyl (C=O) groups is 1. The quantitative estimate of drug-likeness (QED) is 0.0261. The molecule has 1 saturated heterocycles. The van der Waals surface area contributed by atoms with E-state index < -0.39 is 49.5 Å². The molecule has 0 aliphatic carbocycles. The number of aliphatic hydroxyl groups is 5. The predicted molar refractivity (Wildman–Crippen MR) is 327 cm³/mol. The van der Waals surface area contributed by atoms with Gasteiger partial charge in [-0.2, -0.15) is 0 Å². The number of rotatable bonds is 58. The minimum atomic E-state index is -1.57. The van der Waals surface area contributed by atoms with Crippen molar-refractivity contribution in [2.45, 2.75) is 365 Å². The van der Waals surface area contributed by atoms with E-state index in [4.69, 9.17) is 9.47 Å². The van der Waals surface area contributed by atoms with Gasteiger partial charge in [0.1, 0.15) is 24.4 Å². The van der Waals surface area contributed by atoms with Crippen LogP contribution in [-0.2, 0) is 14.3 Å². The highest BCUT2D eigenvalue weighted by atomic mass is 16.7. The van der Waals surface area contributed by atoms with Crippen molar-refractivity contribution in [1.29, 1.82) is 0 Å². The van der Waals surface area contributed by atoms with Gasteiger partial charge < -0.3 is 40.3 Å². The summed E-state index contributed by atoms with van der Waals surface area (Å²) in [5, 5.41) is 54.7. The minimum absolute atomic E-state index is 0.184. The lowest BCUT2D eigenvalue weighted by molar-refractivity contribution is -0.302. The van der Waals surface area contributed by atoms with E-state index in [0.29, 0.717) is 6.42 Å². The van der Waals surface area contributed by atoms with E-state index in [2.05, 4.69) is 55.6 Å². The third-order valence-corrected chi connectivity index (χ3v) is 15.9. The second kappa shape index (κ2) is 57.4. The Labute approximate surface area is 475 Å². The Morgan fingerprint density at radius 2 is 0.779 bits per heavy atom. The van der Waals surface area contributed by atoms with E-state index in [1.807, 2.05) is 6.08 Å². The average molecular weight is 1090 g/mol. The van der Waals surface area contributed by atoms with E-state index in [9.17, 15) is 30.3 Å². The molecule has 1 heterocycles. The molecule has 6 N–H and O–H groups in total. The number of hydrogen-bond donors (Lipinski definition) is 6. The molecule has 1 aliphatic heterocycles. The Morgan fingerprint density at radius 3 is 1.17 bits per heavy atom. The van der Waals surface area contributed by atoms with Crippen LogP contribution in [0.4, 0.5) is 0 Å². The van der Waals surface area contributed by atoms with Gasteiger partial charge in [-0.3, -0.25) is 4.79 Å². The summed E-state index contributed by atoms with van der Waals surface area (Å²) in [7, 11) is 0. The van der Waals surface area contributed by atoms with Crippen LogP contribution in [0.3, 0.4) is 0 Å². The standard InChI is InChI=1S/C68H127NO8/c1-3-5-7-9-11-13-15-17-19-21-23-25-27-29-30-31-32-34-36-38-40-42-44-46-48-50-52-54-56-58-64(72)69-61(60-76-68-67(75)66(74)65(73)63(59-70)77-68)62(71)57-55-53-51-49-47-45-43-41-39-37-35-33-28-26-24-22-20-18-16-14-12-10-8-6-4-2/h23,25,29-30,47,49,55,57,61-63,65-68,70-71,73-75H,3-22,24,26-28,31-46,48,50-54,56,58-60H2,1-2H3,(H,69,72)/b25-23-,30-29-,49-47+,57-55+. The summed E-state index contributed by atoms with van der Waals surface area (Å²) in [6.45, 7) is 3.80. The molecule has 1 amide bonds. The Balaban J connectivity index is 2.18. The molecule has 452 valence electrons. The number of amides is 1. The van der Waals surface area contributed by atoms with Gasteiger partial charge in [-0.05, 0) is 64.2 Å².